The van der Waals surface area contributed by atoms with Gasteiger partial charge in [-0.3, -0.25) is 24.0 Å². The number of benzene rings is 1. The molecular weight excluding hydrogens is 434 g/mol. The van der Waals surface area contributed by atoms with E-state index in [4.69, 9.17) is 10.5 Å². The molecule has 0 saturated heterocycles. The first kappa shape index (κ1) is 25.6. The number of aromatic nitrogens is 2. The number of carbonyl (C=O) groups is 1. The van der Waals surface area contributed by atoms with Crippen LogP contribution in [0.15, 0.2) is 33.9 Å². The molecule has 0 spiro atoms. The number of nitrogens with zero attached hydrogens (tertiary/aromatic N) is 3. The number of methoxy groups -OCH3 is 1. The average molecular weight is 472 g/mol. The highest BCUT2D eigenvalue weighted by Crippen LogP contribution is 2.29. The van der Waals surface area contributed by atoms with Gasteiger partial charge >= 0.3 is 5.69 Å². The van der Waals surface area contributed by atoms with Crippen LogP contribution in [0.3, 0.4) is 0 Å². The molecule has 1 aromatic heterocycles. The first-order valence-electron chi connectivity index (χ1n) is 12.0. The van der Waals surface area contributed by atoms with E-state index in [1.165, 1.54) is 9.47 Å². The molecule has 186 valence electrons. The van der Waals surface area contributed by atoms with Gasteiger partial charge in [-0.05, 0) is 42.9 Å². The third-order valence-corrected chi connectivity index (χ3v) is 6.01. The summed E-state index contributed by atoms with van der Waals surface area (Å²) in [5.41, 5.74) is 6.30. The molecule has 1 amide bonds. The molecule has 1 aromatic carbocycles. The highest BCUT2D eigenvalue weighted by molar-refractivity contribution is 5.96. The molecule has 0 bridgehead atoms. The fourth-order valence-corrected chi connectivity index (χ4v) is 4.04. The Kier molecular flexibility index (Phi) is 8.55. The lowest BCUT2D eigenvalue weighted by molar-refractivity contribution is -0.120. The van der Waals surface area contributed by atoms with Crippen LogP contribution in [0, 0.1) is 5.92 Å². The summed E-state index contributed by atoms with van der Waals surface area (Å²) in [6.45, 7) is 7.46. The van der Waals surface area contributed by atoms with Crippen molar-refractivity contribution in [1.29, 1.82) is 0 Å². The third-order valence-electron chi connectivity index (χ3n) is 6.01. The summed E-state index contributed by atoms with van der Waals surface area (Å²) in [7, 11) is 1.63. The minimum atomic E-state index is -0.625. The van der Waals surface area contributed by atoms with E-state index in [0.717, 1.165) is 37.0 Å². The van der Waals surface area contributed by atoms with Gasteiger partial charge in [0.05, 0.1) is 13.7 Å². The molecule has 1 heterocycles. The van der Waals surface area contributed by atoms with Crippen LogP contribution in [0.4, 0.5) is 11.5 Å². The number of amides is 1. The molecule has 1 saturated carbocycles. The lowest BCUT2D eigenvalue weighted by atomic mass is 10.2. The van der Waals surface area contributed by atoms with Crippen LogP contribution in [0.1, 0.15) is 52.0 Å². The van der Waals surface area contributed by atoms with Gasteiger partial charge in [0.1, 0.15) is 11.6 Å². The standard InChI is InChI=1S/C25H37N5O4/c1-5-6-13-29(22-23(26)30(14-17(2)3)25(33)27-24(22)32)21(31)16-28(19-9-10-19)15-18-7-11-20(34-4)12-8-18/h7-8,11-12,17,19H,5-6,9-10,13-16,26H2,1-4H3,(H,27,32,33). The molecule has 1 aliphatic rings. The normalized spacial score (nSPS) is 13.5. The van der Waals surface area contributed by atoms with Crippen LogP contribution in [-0.2, 0) is 17.9 Å². The second kappa shape index (κ2) is 11.4. The number of carbonyl (C=O) groups excluding carboxylic acids is 1. The van der Waals surface area contributed by atoms with E-state index in [1.807, 2.05) is 45.0 Å². The maximum absolute atomic E-state index is 13.6. The Morgan fingerprint density at radius 3 is 2.47 bits per heavy atom. The molecule has 9 heteroatoms. The Bertz CT molecular complexity index is 1090. The van der Waals surface area contributed by atoms with E-state index >= 15 is 0 Å². The van der Waals surface area contributed by atoms with Crippen LogP contribution >= 0.6 is 0 Å². The molecule has 0 atom stereocenters. The Morgan fingerprint density at radius 1 is 1.24 bits per heavy atom. The molecule has 1 fully saturated rings. The van der Waals surface area contributed by atoms with E-state index in [9.17, 15) is 14.4 Å². The van der Waals surface area contributed by atoms with Gasteiger partial charge in [0.15, 0.2) is 5.69 Å². The largest absolute Gasteiger partial charge is 0.497 e. The van der Waals surface area contributed by atoms with Crippen LogP contribution in [0.25, 0.3) is 0 Å². The van der Waals surface area contributed by atoms with Gasteiger partial charge in [0.25, 0.3) is 5.56 Å². The number of unbranched alkanes of at least 4 members (excludes halogenated alkanes) is 1. The summed E-state index contributed by atoms with van der Waals surface area (Å²) in [6, 6.07) is 8.16. The average Bonchev–Trinajstić information content (AvgIpc) is 3.64. The minimum absolute atomic E-state index is 0.0417. The topological polar surface area (TPSA) is 114 Å². The Labute approximate surface area is 200 Å². The lowest BCUT2D eigenvalue weighted by Crippen LogP contribution is -2.46. The molecule has 3 rings (SSSR count). The molecule has 3 N–H and O–H groups in total. The summed E-state index contributed by atoms with van der Waals surface area (Å²) < 4.78 is 6.59. The quantitative estimate of drug-likeness (QED) is 0.492. The maximum Gasteiger partial charge on any atom is 0.330 e. The molecule has 0 radical (unpaired) electrons. The predicted molar refractivity (Wildman–Crippen MR) is 134 cm³/mol. The van der Waals surface area contributed by atoms with Gasteiger partial charge in [-0.2, -0.15) is 0 Å². The molecule has 0 aliphatic heterocycles. The number of nitrogens with two attached hydrogens (primary N) is 1. The summed E-state index contributed by atoms with van der Waals surface area (Å²) in [6.07, 6.45) is 3.65. The Balaban J connectivity index is 1.89. The van der Waals surface area contributed by atoms with Crippen LogP contribution in [0.2, 0.25) is 0 Å². The summed E-state index contributed by atoms with van der Waals surface area (Å²) >= 11 is 0. The first-order valence-corrected chi connectivity index (χ1v) is 12.0. The molecular formula is C25H37N5O4. The summed E-state index contributed by atoms with van der Waals surface area (Å²) in [5.74, 6) is 0.781. The van der Waals surface area contributed by atoms with Crippen LogP contribution in [-0.4, -0.2) is 46.6 Å². The van der Waals surface area contributed by atoms with E-state index in [1.54, 1.807) is 7.11 Å². The summed E-state index contributed by atoms with van der Waals surface area (Å²) in [4.78, 5) is 44.8. The monoisotopic (exact) mass is 471 g/mol. The lowest BCUT2D eigenvalue weighted by Gasteiger charge is -2.28. The van der Waals surface area contributed by atoms with E-state index in [-0.39, 0.29) is 29.9 Å². The highest BCUT2D eigenvalue weighted by atomic mass is 16.5. The second-order valence-electron chi connectivity index (χ2n) is 9.38. The van der Waals surface area contributed by atoms with Crippen molar-refractivity contribution in [2.45, 2.75) is 65.6 Å². The van der Waals surface area contributed by atoms with E-state index < -0.39 is 11.2 Å². The van der Waals surface area contributed by atoms with Crippen molar-refractivity contribution >= 4 is 17.4 Å². The third kappa shape index (κ3) is 6.28. The predicted octanol–water partition coefficient (Wildman–Crippen LogP) is 2.58. The SMILES string of the molecule is CCCCN(C(=O)CN(Cc1ccc(OC)cc1)C1CC1)c1c(N)n(CC(C)C)c(=O)[nH]c1=O. The Hall–Kier alpha value is -3.07. The van der Waals surface area contributed by atoms with Gasteiger partial charge in [-0.25, -0.2) is 4.79 Å². The zero-order valence-electron chi connectivity index (χ0n) is 20.7. The van der Waals surface area contributed by atoms with E-state index in [0.29, 0.717) is 25.7 Å². The number of aromatic amines is 1. The van der Waals surface area contributed by atoms with Crippen LogP contribution in [0.5, 0.6) is 5.75 Å². The number of nitrogen functional groups attached to an aromatic ring is 1. The number of anilines is 2. The zero-order chi connectivity index (χ0) is 24.8. The van der Waals surface area contributed by atoms with Crippen molar-refractivity contribution in [2.24, 2.45) is 5.92 Å². The van der Waals surface area contributed by atoms with Crippen LogP contribution < -0.4 is 26.6 Å². The maximum atomic E-state index is 13.6. The molecule has 2 aromatic rings. The van der Waals surface area contributed by atoms with Gasteiger partial charge < -0.3 is 15.4 Å². The van der Waals surface area contributed by atoms with E-state index in [2.05, 4.69) is 9.88 Å². The highest BCUT2D eigenvalue weighted by Gasteiger charge is 2.33. The molecule has 34 heavy (non-hydrogen) atoms. The number of rotatable bonds is 12. The number of nitrogens with one attached hydrogen (secondary N) is 1. The number of ether oxygens (including phenoxy) is 1. The zero-order valence-corrected chi connectivity index (χ0v) is 20.7. The van der Waals surface area contributed by atoms with Crippen molar-refractivity contribution in [1.82, 2.24) is 14.5 Å². The van der Waals surface area contributed by atoms with Crippen molar-refractivity contribution in [3.63, 3.8) is 0 Å². The molecule has 9 nitrogen and oxygen atoms in total. The fraction of sp³-hybridized carbons (Fsp3) is 0.560. The second-order valence-corrected chi connectivity index (χ2v) is 9.38. The number of hydrogen-bond donors (Lipinski definition) is 2. The van der Waals surface area contributed by atoms with Crippen molar-refractivity contribution in [2.75, 3.05) is 30.8 Å². The smallest absolute Gasteiger partial charge is 0.330 e. The van der Waals surface area contributed by atoms with Gasteiger partial charge in [0, 0.05) is 25.7 Å². The number of hydrogen-bond acceptors (Lipinski definition) is 6. The minimum Gasteiger partial charge on any atom is -0.497 e. The molecule has 1 aliphatic carbocycles. The number of H-pyrrole nitrogens is 1. The first-order chi connectivity index (χ1) is 16.2. The molecule has 0 unspecified atom stereocenters. The van der Waals surface area contributed by atoms with Gasteiger partial charge in [-0.1, -0.05) is 39.3 Å². The fourth-order valence-electron chi connectivity index (χ4n) is 4.04. The van der Waals surface area contributed by atoms with Crippen molar-refractivity contribution < 1.29 is 9.53 Å². The van der Waals surface area contributed by atoms with Crippen molar-refractivity contribution in [3.8, 4) is 5.75 Å². The van der Waals surface area contributed by atoms with Gasteiger partial charge in [0.2, 0.25) is 5.91 Å². The Morgan fingerprint density at radius 2 is 1.91 bits per heavy atom. The van der Waals surface area contributed by atoms with Crippen molar-refractivity contribution in [3.05, 3.63) is 50.7 Å². The van der Waals surface area contributed by atoms with Gasteiger partial charge in [-0.15, -0.1) is 0 Å². The summed E-state index contributed by atoms with van der Waals surface area (Å²) in [5, 5.41) is 0.